The standard InChI is InChI=1S/C25H29BrN4O2/c1-19(2)30(25(32)27-22-13-11-21(26)12-14-22)18-24(31)29(16-20-8-5-4-6-9-20)17-23-10-7-15-28(23)3/h4-15,19H,16-18H2,1-3H3,(H,27,32). The van der Waals surface area contributed by atoms with Crippen LogP contribution in [0.15, 0.2) is 77.4 Å². The first-order valence-corrected chi connectivity index (χ1v) is 11.4. The van der Waals surface area contributed by atoms with Crippen LogP contribution in [0, 0.1) is 0 Å². The first-order chi connectivity index (χ1) is 15.3. The third-order valence-corrected chi connectivity index (χ3v) is 5.79. The molecule has 7 heteroatoms. The fraction of sp³-hybridized carbons (Fsp3) is 0.280. The van der Waals surface area contributed by atoms with Crippen molar-refractivity contribution < 1.29 is 9.59 Å². The molecule has 0 spiro atoms. The van der Waals surface area contributed by atoms with Gasteiger partial charge in [-0.05, 0) is 55.8 Å². The minimum Gasteiger partial charge on any atom is -0.353 e. The minimum absolute atomic E-state index is 0.00269. The highest BCUT2D eigenvalue weighted by Gasteiger charge is 2.24. The molecule has 0 bridgehead atoms. The topological polar surface area (TPSA) is 57.6 Å². The molecule has 0 aliphatic heterocycles. The van der Waals surface area contributed by atoms with Crippen molar-refractivity contribution in [3.05, 3.63) is 88.7 Å². The molecule has 0 saturated carbocycles. The fourth-order valence-electron chi connectivity index (χ4n) is 3.36. The molecule has 0 radical (unpaired) electrons. The number of carbonyl (C=O) groups is 2. The third-order valence-electron chi connectivity index (χ3n) is 5.26. The number of anilines is 1. The lowest BCUT2D eigenvalue weighted by molar-refractivity contribution is -0.133. The van der Waals surface area contributed by atoms with E-state index in [1.807, 2.05) is 98.4 Å². The Hall–Kier alpha value is -3.06. The van der Waals surface area contributed by atoms with E-state index in [4.69, 9.17) is 0 Å². The summed E-state index contributed by atoms with van der Waals surface area (Å²) in [6, 6.07) is 20.8. The summed E-state index contributed by atoms with van der Waals surface area (Å²) < 4.78 is 2.94. The summed E-state index contributed by atoms with van der Waals surface area (Å²) in [6.45, 7) is 4.76. The molecule has 0 atom stereocenters. The van der Waals surface area contributed by atoms with Crippen molar-refractivity contribution in [2.75, 3.05) is 11.9 Å². The molecule has 3 amide bonds. The SMILES string of the molecule is CC(C)N(CC(=O)N(Cc1ccccc1)Cc1cccn1C)C(=O)Nc1ccc(Br)cc1. The average Bonchev–Trinajstić information content (AvgIpc) is 3.17. The number of rotatable bonds is 8. The molecular weight excluding hydrogens is 468 g/mol. The zero-order valence-corrected chi connectivity index (χ0v) is 20.2. The van der Waals surface area contributed by atoms with Crippen LogP contribution in [-0.4, -0.2) is 38.9 Å². The number of hydrogen-bond acceptors (Lipinski definition) is 2. The van der Waals surface area contributed by atoms with Crippen LogP contribution in [0.2, 0.25) is 0 Å². The monoisotopic (exact) mass is 496 g/mol. The van der Waals surface area contributed by atoms with E-state index in [0.29, 0.717) is 18.8 Å². The van der Waals surface area contributed by atoms with Gasteiger partial charge in [-0.25, -0.2) is 4.79 Å². The number of amides is 3. The van der Waals surface area contributed by atoms with Crippen LogP contribution in [0.3, 0.4) is 0 Å². The summed E-state index contributed by atoms with van der Waals surface area (Å²) in [5.41, 5.74) is 2.76. The molecule has 6 nitrogen and oxygen atoms in total. The van der Waals surface area contributed by atoms with Gasteiger partial charge in [0.2, 0.25) is 5.91 Å². The maximum Gasteiger partial charge on any atom is 0.322 e. The molecule has 32 heavy (non-hydrogen) atoms. The second-order valence-electron chi connectivity index (χ2n) is 8.00. The molecule has 1 N–H and O–H groups in total. The van der Waals surface area contributed by atoms with Gasteiger partial charge in [0.15, 0.2) is 0 Å². The number of aryl methyl sites for hydroxylation is 1. The van der Waals surface area contributed by atoms with Crippen molar-refractivity contribution >= 4 is 33.6 Å². The Bertz CT molecular complexity index is 1030. The zero-order valence-electron chi connectivity index (χ0n) is 18.7. The third kappa shape index (κ3) is 6.47. The zero-order chi connectivity index (χ0) is 23.1. The van der Waals surface area contributed by atoms with Gasteiger partial charge in [-0.2, -0.15) is 0 Å². The van der Waals surface area contributed by atoms with Crippen LogP contribution in [0.25, 0.3) is 0 Å². The highest BCUT2D eigenvalue weighted by molar-refractivity contribution is 9.10. The quantitative estimate of drug-likeness (QED) is 0.462. The summed E-state index contributed by atoms with van der Waals surface area (Å²) in [6.07, 6.45) is 1.96. The summed E-state index contributed by atoms with van der Waals surface area (Å²) in [4.78, 5) is 29.7. The number of carbonyl (C=O) groups excluding carboxylic acids is 2. The van der Waals surface area contributed by atoms with Gasteiger partial charge in [0, 0.05) is 41.7 Å². The summed E-state index contributed by atoms with van der Waals surface area (Å²) >= 11 is 3.39. The Morgan fingerprint density at radius 3 is 2.25 bits per heavy atom. The second kappa shape index (κ2) is 11.0. The smallest absolute Gasteiger partial charge is 0.322 e. The van der Waals surface area contributed by atoms with Crippen molar-refractivity contribution in [3.63, 3.8) is 0 Å². The Balaban J connectivity index is 1.75. The molecule has 0 fully saturated rings. The van der Waals surface area contributed by atoms with E-state index < -0.39 is 0 Å². The average molecular weight is 497 g/mol. The van der Waals surface area contributed by atoms with Crippen molar-refractivity contribution in [1.82, 2.24) is 14.4 Å². The van der Waals surface area contributed by atoms with Gasteiger partial charge >= 0.3 is 6.03 Å². The van der Waals surface area contributed by atoms with Crippen LogP contribution in [0.4, 0.5) is 10.5 Å². The van der Waals surface area contributed by atoms with Crippen LogP contribution >= 0.6 is 15.9 Å². The first-order valence-electron chi connectivity index (χ1n) is 10.6. The van der Waals surface area contributed by atoms with Crippen LogP contribution < -0.4 is 5.32 Å². The molecule has 1 heterocycles. The molecule has 3 rings (SSSR count). The van der Waals surface area contributed by atoms with Gasteiger partial charge in [0.25, 0.3) is 0 Å². The maximum absolute atomic E-state index is 13.4. The van der Waals surface area contributed by atoms with Crippen molar-refractivity contribution in [1.29, 1.82) is 0 Å². The van der Waals surface area contributed by atoms with Crippen LogP contribution in [-0.2, 0) is 24.9 Å². The van der Waals surface area contributed by atoms with E-state index in [9.17, 15) is 9.59 Å². The molecule has 168 valence electrons. The number of nitrogens with zero attached hydrogens (tertiary/aromatic N) is 3. The Morgan fingerprint density at radius 2 is 1.66 bits per heavy atom. The van der Waals surface area contributed by atoms with Crippen LogP contribution in [0.5, 0.6) is 0 Å². The molecule has 2 aromatic carbocycles. The van der Waals surface area contributed by atoms with E-state index in [2.05, 4.69) is 21.2 Å². The van der Waals surface area contributed by atoms with Gasteiger partial charge in [0.05, 0.1) is 6.54 Å². The highest BCUT2D eigenvalue weighted by atomic mass is 79.9. The number of urea groups is 1. The van der Waals surface area contributed by atoms with Crippen molar-refractivity contribution in [3.8, 4) is 0 Å². The summed E-state index contributed by atoms with van der Waals surface area (Å²) in [7, 11) is 1.96. The first kappa shape index (κ1) is 23.6. The highest BCUT2D eigenvalue weighted by Crippen LogP contribution is 2.16. The van der Waals surface area contributed by atoms with Crippen LogP contribution in [0.1, 0.15) is 25.1 Å². The maximum atomic E-state index is 13.4. The fourth-order valence-corrected chi connectivity index (χ4v) is 3.62. The predicted octanol–water partition coefficient (Wildman–Crippen LogP) is 5.26. The molecule has 3 aromatic rings. The van der Waals surface area contributed by atoms with E-state index >= 15 is 0 Å². The largest absolute Gasteiger partial charge is 0.353 e. The normalized spacial score (nSPS) is 10.8. The number of benzene rings is 2. The molecular formula is C25H29BrN4O2. The lowest BCUT2D eigenvalue weighted by Crippen LogP contribution is -2.47. The molecule has 0 aliphatic carbocycles. The predicted molar refractivity (Wildman–Crippen MR) is 131 cm³/mol. The van der Waals surface area contributed by atoms with Gasteiger partial charge in [-0.15, -0.1) is 0 Å². The lowest BCUT2D eigenvalue weighted by Gasteiger charge is -2.30. The van der Waals surface area contributed by atoms with Gasteiger partial charge in [-0.3, -0.25) is 4.79 Å². The number of aromatic nitrogens is 1. The van der Waals surface area contributed by atoms with Gasteiger partial charge in [-0.1, -0.05) is 46.3 Å². The Kier molecular flexibility index (Phi) is 8.11. The molecule has 0 aliphatic rings. The number of nitrogens with one attached hydrogen (secondary N) is 1. The lowest BCUT2D eigenvalue weighted by atomic mass is 10.2. The Labute approximate surface area is 198 Å². The van der Waals surface area contributed by atoms with E-state index in [0.717, 1.165) is 15.7 Å². The second-order valence-corrected chi connectivity index (χ2v) is 8.92. The molecule has 1 aromatic heterocycles. The van der Waals surface area contributed by atoms with Crippen molar-refractivity contribution in [2.24, 2.45) is 7.05 Å². The van der Waals surface area contributed by atoms with Gasteiger partial charge in [0.1, 0.15) is 6.54 Å². The number of hydrogen-bond donors (Lipinski definition) is 1. The summed E-state index contributed by atoms with van der Waals surface area (Å²) in [5.74, 6) is -0.102. The van der Waals surface area contributed by atoms with E-state index in [-0.39, 0.29) is 24.5 Å². The Morgan fingerprint density at radius 1 is 0.969 bits per heavy atom. The minimum atomic E-state index is -0.297. The van der Waals surface area contributed by atoms with E-state index in [1.165, 1.54) is 0 Å². The van der Waals surface area contributed by atoms with Crippen molar-refractivity contribution in [2.45, 2.75) is 33.0 Å². The number of halogens is 1. The summed E-state index contributed by atoms with van der Waals surface area (Å²) in [5, 5.41) is 2.89. The van der Waals surface area contributed by atoms with E-state index in [1.54, 1.807) is 9.80 Å². The molecule has 0 unspecified atom stereocenters. The van der Waals surface area contributed by atoms with Gasteiger partial charge < -0.3 is 19.7 Å². The molecule has 0 saturated heterocycles.